The summed E-state index contributed by atoms with van der Waals surface area (Å²) >= 11 is 0. The molecule has 0 saturated carbocycles. The van der Waals surface area contributed by atoms with E-state index in [0.29, 0.717) is 0 Å². The van der Waals surface area contributed by atoms with Crippen LogP contribution in [-0.4, -0.2) is 62.6 Å². The van der Waals surface area contributed by atoms with E-state index >= 15 is 0 Å². The number of hydrogen-bond acceptors (Lipinski definition) is 6. The molecule has 0 unspecified atom stereocenters. The van der Waals surface area contributed by atoms with Crippen LogP contribution in [0.5, 0.6) is 5.75 Å². The molecule has 174 valence electrons. The molecule has 1 saturated heterocycles. The Labute approximate surface area is 191 Å². The first kappa shape index (κ1) is 23.9. The average molecular weight is 442 g/mol. The molecule has 0 bridgehead atoms. The second-order valence-corrected chi connectivity index (χ2v) is 8.14. The number of nitrogens with zero attached hydrogens (tertiary/aromatic N) is 3. The number of ether oxygens (including phenoxy) is 2. The van der Waals surface area contributed by atoms with E-state index in [1.165, 1.54) is 37.6 Å². The zero-order valence-corrected chi connectivity index (χ0v) is 19.0. The number of aromatic nitrogens is 1. The Balaban J connectivity index is 1.34. The maximum atomic E-state index is 11.0. The van der Waals surface area contributed by atoms with Gasteiger partial charge in [-0.05, 0) is 49.2 Å². The highest BCUT2D eigenvalue weighted by Gasteiger charge is 2.18. The number of pyridine rings is 1. The van der Waals surface area contributed by atoms with E-state index in [-0.39, 0.29) is 5.56 Å². The second kappa shape index (κ2) is 12.9. The number of carboxylic acids is 1. The van der Waals surface area contributed by atoms with Crippen molar-refractivity contribution in [3.05, 3.63) is 48.2 Å². The van der Waals surface area contributed by atoms with Gasteiger partial charge in [-0.2, -0.15) is 0 Å². The topological polar surface area (TPSA) is 75.1 Å². The largest absolute Gasteiger partial charge is 0.494 e. The fourth-order valence-corrected chi connectivity index (χ4v) is 3.89. The van der Waals surface area contributed by atoms with Crippen molar-refractivity contribution in [3.8, 4) is 5.75 Å². The van der Waals surface area contributed by atoms with Crippen molar-refractivity contribution in [2.75, 3.05) is 56.3 Å². The summed E-state index contributed by atoms with van der Waals surface area (Å²) in [4.78, 5) is 19.8. The maximum Gasteiger partial charge on any atom is 0.337 e. The standard InChI is InChI=1S/C25H35N3O4/c1-31-18-6-4-2-3-5-7-19-32-23-11-9-22(10-12-23)27-14-16-28(17-15-27)24-13-8-21(20-26-24)25(29)30/h8-13,20H,2-7,14-19H2,1H3,(H,29,30). The Bertz CT molecular complexity index is 803. The van der Waals surface area contributed by atoms with Gasteiger partial charge in [-0.1, -0.05) is 25.7 Å². The number of carboxylic acid groups (broad SMARTS) is 1. The number of unbranched alkanes of at least 4 members (excludes halogenated alkanes) is 5. The number of piperazine rings is 1. The lowest BCUT2D eigenvalue weighted by Crippen LogP contribution is -2.46. The lowest BCUT2D eigenvalue weighted by Gasteiger charge is -2.36. The Morgan fingerprint density at radius 2 is 1.50 bits per heavy atom. The molecule has 7 nitrogen and oxygen atoms in total. The number of hydrogen-bond donors (Lipinski definition) is 1. The molecule has 0 aliphatic carbocycles. The first-order valence-corrected chi connectivity index (χ1v) is 11.6. The molecule has 3 rings (SSSR count). The third-order valence-electron chi connectivity index (χ3n) is 5.81. The van der Waals surface area contributed by atoms with E-state index in [1.54, 1.807) is 19.2 Å². The van der Waals surface area contributed by atoms with Gasteiger partial charge in [-0.15, -0.1) is 0 Å². The Morgan fingerprint density at radius 1 is 0.875 bits per heavy atom. The Hall–Kier alpha value is -2.80. The van der Waals surface area contributed by atoms with Gasteiger partial charge >= 0.3 is 5.97 Å². The number of anilines is 2. The summed E-state index contributed by atoms with van der Waals surface area (Å²) in [6.07, 6.45) is 8.67. The van der Waals surface area contributed by atoms with Crippen LogP contribution in [0, 0.1) is 0 Å². The third kappa shape index (κ3) is 7.41. The first-order chi connectivity index (χ1) is 15.7. The number of methoxy groups -OCH3 is 1. The van der Waals surface area contributed by atoms with Crippen LogP contribution < -0.4 is 14.5 Å². The van der Waals surface area contributed by atoms with E-state index in [9.17, 15) is 4.79 Å². The van der Waals surface area contributed by atoms with Gasteiger partial charge in [-0.3, -0.25) is 0 Å². The Kier molecular flexibility index (Phi) is 9.62. The lowest BCUT2D eigenvalue weighted by atomic mass is 10.1. The normalized spacial score (nSPS) is 13.9. The van der Waals surface area contributed by atoms with Crippen molar-refractivity contribution in [3.63, 3.8) is 0 Å². The van der Waals surface area contributed by atoms with Crippen LogP contribution >= 0.6 is 0 Å². The second-order valence-electron chi connectivity index (χ2n) is 8.14. The van der Waals surface area contributed by atoms with Crippen molar-refractivity contribution in [1.82, 2.24) is 4.98 Å². The highest BCUT2D eigenvalue weighted by atomic mass is 16.5. The fourth-order valence-electron chi connectivity index (χ4n) is 3.89. The van der Waals surface area contributed by atoms with Crippen LogP contribution in [0.4, 0.5) is 11.5 Å². The summed E-state index contributed by atoms with van der Waals surface area (Å²) in [6.45, 7) is 5.13. The highest BCUT2D eigenvalue weighted by Crippen LogP contribution is 2.22. The monoisotopic (exact) mass is 441 g/mol. The number of carbonyl (C=O) groups is 1. The highest BCUT2D eigenvalue weighted by molar-refractivity contribution is 5.87. The minimum absolute atomic E-state index is 0.215. The van der Waals surface area contributed by atoms with Gasteiger partial charge in [0.15, 0.2) is 0 Å². The van der Waals surface area contributed by atoms with Crippen LogP contribution in [0.2, 0.25) is 0 Å². The van der Waals surface area contributed by atoms with Crippen molar-refractivity contribution in [2.24, 2.45) is 0 Å². The van der Waals surface area contributed by atoms with Gasteiger partial charge in [0.25, 0.3) is 0 Å². The van der Waals surface area contributed by atoms with Gasteiger partial charge < -0.3 is 24.4 Å². The van der Waals surface area contributed by atoms with E-state index in [4.69, 9.17) is 14.6 Å². The number of benzene rings is 1. The fraction of sp³-hybridized carbons (Fsp3) is 0.520. The lowest BCUT2D eigenvalue weighted by molar-refractivity contribution is 0.0696. The van der Waals surface area contributed by atoms with Crippen LogP contribution in [0.15, 0.2) is 42.6 Å². The molecule has 1 fully saturated rings. The molecule has 32 heavy (non-hydrogen) atoms. The molecule has 0 amide bonds. The summed E-state index contributed by atoms with van der Waals surface area (Å²) in [5.74, 6) is 0.804. The molecule has 1 N–H and O–H groups in total. The van der Waals surface area contributed by atoms with Gasteiger partial charge in [-0.25, -0.2) is 9.78 Å². The van der Waals surface area contributed by atoms with E-state index in [0.717, 1.165) is 63.8 Å². The number of aromatic carboxylic acids is 1. The van der Waals surface area contributed by atoms with E-state index in [2.05, 4.69) is 39.0 Å². The van der Waals surface area contributed by atoms with Crippen LogP contribution in [0.25, 0.3) is 0 Å². The summed E-state index contributed by atoms with van der Waals surface area (Å²) in [5.41, 5.74) is 1.41. The van der Waals surface area contributed by atoms with Crippen molar-refractivity contribution in [1.29, 1.82) is 0 Å². The summed E-state index contributed by atoms with van der Waals surface area (Å²) < 4.78 is 11.0. The molecular weight excluding hydrogens is 406 g/mol. The predicted molar refractivity (Wildman–Crippen MR) is 127 cm³/mol. The van der Waals surface area contributed by atoms with Crippen molar-refractivity contribution in [2.45, 2.75) is 38.5 Å². The molecule has 2 aromatic rings. The minimum atomic E-state index is -0.949. The van der Waals surface area contributed by atoms with Crippen molar-refractivity contribution >= 4 is 17.5 Å². The molecule has 0 atom stereocenters. The summed E-state index contributed by atoms with van der Waals surface area (Å²) in [6, 6.07) is 11.8. The molecule has 0 spiro atoms. The van der Waals surface area contributed by atoms with Crippen LogP contribution in [0.1, 0.15) is 48.9 Å². The quantitative estimate of drug-likeness (QED) is 0.460. The minimum Gasteiger partial charge on any atom is -0.494 e. The predicted octanol–water partition coefficient (Wildman–Crippen LogP) is 4.47. The van der Waals surface area contributed by atoms with Gasteiger partial charge in [0.1, 0.15) is 11.6 Å². The molecule has 1 aliphatic heterocycles. The van der Waals surface area contributed by atoms with Gasteiger partial charge in [0, 0.05) is 51.8 Å². The molecule has 0 radical (unpaired) electrons. The zero-order valence-electron chi connectivity index (χ0n) is 19.0. The van der Waals surface area contributed by atoms with Crippen LogP contribution in [-0.2, 0) is 4.74 Å². The van der Waals surface area contributed by atoms with Gasteiger partial charge in [0.05, 0.1) is 12.2 Å². The first-order valence-electron chi connectivity index (χ1n) is 11.6. The molecule has 2 heterocycles. The average Bonchev–Trinajstić information content (AvgIpc) is 2.83. The number of rotatable bonds is 13. The van der Waals surface area contributed by atoms with Crippen LogP contribution in [0.3, 0.4) is 0 Å². The SMILES string of the molecule is COCCCCCCCCOc1ccc(N2CCN(c3ccc(C(=O)O)cn3)CC2)cc1. The van der Waals surface area contributed by atoms with Gasteiger partial charge in [0.2, 0.25) is 0 Å². The molecule has 1 aromatic carbocycles. The molecule has 7 heteroatoms. The third-order valence-corrected chi connectivity index (χ3v) is 5.81. The van der Waals surface area contributed by atoms with E-state index < -0.39 is 5.97 Å². The zero-order chi connectivity index (χ0) is 22.6. The molecule has 1 aliphatic rings. The van der Waals surface area contributed by atoms with Crippen molar-refractivity contribution < 1.29 is 19.4 Å². The summed E-state index contributed by atoms with van der Waals surface area (Å²) in [7, 11) is 1.76. The molecule has 1 aromatic heterocycles. The smallest absolute Gasteiger partial charge is 0.337 e. The summed E-state index contributed by atoms with van der Waals surface area (Å²) in [5, 5.41) is 9.01. The maximum absolute atomic E-state index is 11.0. The molecular formula is C25H35N3O4. The Morgan fingerprint density at radius 3 is 2.09 bits per heavy atom. The van der Waals surface area contributed by atoms with E-state index in [1.807, 2.05) is 0 Å².